The molecular formula is C28H33N3O5. The number of nitrogens with one attached hydrogen (secondary N) is 2. The second-order valence-corrected chi connectivity index (χ2v) is 10.5. The highest BCUT2D eigenvalue weighted by Gasteiger charge is 2.77. The summed E-state index contributed by atoms with van der Waals surface area (Å²) in [6, 6.07) is 14.1. The van der Waals surface area contributed by atoms with Crippen molar-refractivity contribution in [2.24, 2.45) is 11.8 Å². The van der Waals surface area contributed by atoms with E-state index >= 15 is 0 Å². The molecule has 2 bridgehead atoms. The molecule has 0 aliphatic carbocycles. The minimum Gasteiger partial charge on any atom is -0.396 e. The number of aryl methyl sites for hydroxylation is 2. The molecular weight excluding hydrogens is 458 g/mol. The molecule has 8 nitrogen and oxygen atoms in total. The van der Waals surface area contributed by atoms with Crippen LogP contribution >= 0.6 is 0 Å². The molecule has 36 heavy (non-hydrogen) atoms. The molecule has 2 aromatic carbocycles. The summed E-state index contributed by atoms with van der Waals surface area (Å²) >= 11 is 0. The minimum absolute atomic E-state index is 0.108. The zero-order valence-corrected chi connectivity index (χ0v) is 20.9. The third-order valence-electron chi connectivity index (χ3n) is 8.06. The maximum Gasteiger partial charge on any atom is 0.250 e. The number of amides is 3. The van der Waals surface area contributed by atoms with E-state index in [9.17, 15) is 19.5 Å². The topological polar surface area (TPSA) is 108 Å². The minimum atomic E-state index is -1.10. The number of aliphatic hydroxyl groups excluding tert-OH is 1. The van der Waals surface area contributed by atoms with Crippen LogP contribution in [0.15, 0.2) is 48.5 Å². The van der Waals surface area contributed by atoms with Crippen LogP contribution in [0.25, 0.3) is 0 Å². The molecule has 5 rings (SSSR count). The average Bonchev–Trinajstić information content (AvgIpc) is 3.41. The molecule has 5 atom stereocenters. The number of fused-ring (bicyclic) bond motifs is 1. The molecule has 3 aliphatic rings. The van der Waals surface area contributed by atoms with Crippen molar-refractivity contribution in [2.45, 2.75) is 57.3 Å². The van der Waals surface area contributed by atoms with Gasteiger partial charge in [0.2, 0.25) is 17.7 Å². The fourth-order valence-corrected chi connectivity index (χ4v) is 6.42. The van der Waals surface area contributed by atoms with E-state index < -0.39 is 29.1 Å². The summed E-state index contributed by atoms with van der Waals surface area (Å²) in [6.07, 6.45) is 1.42. The number of likely N-dealkylation sites (tertiary alicyclic amines) is 1. The van der Waals surface area contributed by atoms with Crippen molar-refractivity contribution in [3.05, 3.63) is 59.7 Å². The lowest BCUT2D eigenvalue weighted by molar-refractivity contribution is -0.143. The molecule has 1 spiro atoms. The fourth-order valence-electron chi connectivity index (χ4n) is 6.42. The Morgan fingerprint density at radius 1 is 1.08 bits per heavy atom. The summed E-state index contributed by atoms with van der Waals surface area (Å²) in [5.41, 5.74) is 1.32. The van der Waals surface area contributed by atoms with Crippen molar-refractivity contribution in [3.63, 3.8) is 0 Å². The first-order chi connectivity index (χ1) is 17.2. The van der Waals surface area contributed by atoms with Gasteiger partial charge in [-0.25, -0.2) is 0 Å². The first-order valence-corrected chi connectivity index (χ1v) is 12.6. The Kier molecular flexibility index (Phi) is 6.12. The number of aliphatic hydroxyl groups is 1. The number of carbonyl (C=O) groups is 3. The summed E-state index contributed by atoms with van der Waals surface area (Å²) < 4.78 is 6.60. The van der Waals surface area contributed by atoms with Gasteiger partial charge >= 0.3 is 0 Å². The Labute approximate surface area is 211 Å². The highest BCUT2D eigenvalue weighted by molar-refractivity contribution is 6.05. The van der Waals surface area contributed by atoms with Crippen LogP contribution in [0.4, 0.5) is 11.4 Å². The van der Waals surface area contributed by atoms with Crippen LogP contribution in [0, 0.1) is 25.7 Å². The van der Waals surface area contributed by atoms with Crippen LogP contribution < -0.4 is 10.6 Å². The van der Waals surface area contributed by atoms with Gasteiger partial charge < -0.3 is 25.4 Å². The van der Waals surface area contributed by atoms with Gasteiger partial charge in [-0.15, -0.1) is 0 Å². The van der Waals surface area contributed by atoms with Crippen LogP contribution in [0.5, 0.6) is 0 Å². The smallest absolute Gasteiger partial charge is 0.250 e. The number of ether oxygens (including phenoxy) is 1. The molecule has 3 aliphatic heterocycles. The van der Waals surface area contributed by atoms with Gasteiger partial charge in [0.25, 0.3) is 0 Å². The van der Waals surface area contributed by atoms with Gasteiger partial charge in [0.1, 0.15) is 11.6 Å². The van der Waals surface area contributed by atoms with Crippen molar-refractivity contribution in [1.29, 1.82) is 0 Å². The Balaban J connectivity index is 1.50. The maximum atomic E-state index is 13.9. The van der Waals surface area contributed by atoms with Crippen molar-refractivity contribution in [3.8, 4) is 0 Å². The summed E-state index contributed by atoms with van der Waals surface area (Å²) in [7, 11) is 0. The molecule has 3 saturated heterocycles. The number of anilines is 2. The van der Waals surface area contributed by atoms with Gasteiger partial charge in [0, 0.05) is 24.5 Å². The van der Waals surface area contributed by atoms with E-state index in [0.717, 1.165) is 11.1 Å². The molecule has 2 unspecified atom stereocenters. The maximum absolute atomic E-state index is 13.9. The van der Waals surface area contributed by atoms with Gasteiger partial charge in [-0.1, -0.05) is 30.3 Å². The molecule has 190 valence electrons. The summed E-state index contributed by atoms with van der Waals surface area (Å²) in [4.78, 5) is 42.8. The number of benzene rings is 2. The van der Waals surface area contributed by atoms with Crippen LogP contribution in [-0.4, -0.2) is 58.1 Å². The Bertz CT molecular complexity index is 1200. The average molecular weight is 492 g/mol. The van der Waals surface area contributed by atoms with E-state index in [1.807, 2.05) is 57.2 Å². The molecule has 3 amide bonds. The molecule has 0 saturated carbocycles. The van der Waals surface area contributed by atoms with E-state index in [1.54, 1.807) is 12.1 Å². The molecule has 3 fully saturated rings. The molecule has 0 radical (unpaired) electrons. The van der Waals surface area contributed by atoms with Gasteiger partial charge in [-0.05, 0) is 69.4 Å². The van der Waals surface area contributed by atoms with Crippen molar-refractivity contribution in [1.82, 2.24) is 4.90 Å². The highest BCUT2D eigenvalue weighted by atomic mass is 16.5. The third-order valence-corrected chi connectivity index (χ3v) is 8.06. The molecule has 3 N–H and O–H groups in total. The fraction of sp³-hybridized carbons (Fsp3) is 0.464. The van der Waals surface area contributed by atoms with E-state index in [2.05, 4.69) is 10.6 Å². The molecule has 8 heteroatoms. The van der Waals surface area contributed by atoms with E-state index in [4.69, 9.17) is 4.74 Å². The lowest BCUT2D eigenvalue weighted by atomic mass is 9.66. The number of hydrogen-bond acceptors (Lipinski definition) is 5. The lowest BCUT2D eigenvalue weighted by Gasteiger charge is -2.33. The molecule has 0 aromatic heterocycles. The highest BCUT2D eigenvalue weighted by Crippen LogP contribution is 2.63. The van der Waals surface area contributed by atoms with E-state index in [1.165, 1.54) is 4.90 Å². The monoisotopic (exact) mass is 491 g/mol. The second-order valence-electron chi connectivity index (χ2n) is 10.5. The Morgan fingerprint density at radius 3 is 2.56 bits per heavy atom. The van der Waals surface area contributed by atoms with Gasteiger partial charge in [0.15, 0.2) is 0 Å². The largest absolute Gasteiger partial charge is 0.396 e. The number of hydrogen-bond donors (Lipinski definition) is 3. The summed E-state index contributed by atoms with van der Waals surface area (Å²) in [5, 5.41) is 15.5. The van der Waals surface area contributed by atoms with Crippen molar-refractivity contribution < 1.29 is 24.2 Å². The quantitative estimate of drug-likeness (QED) is 0.552. The SMILES string of the molecule is Cc1ccc(C)c(NC(=O)C2N(CCCO)C(=O)[C@@H]3[C@@H](C(=O)Nc4ccccc4)[C@@]4(C)CCC23O4)c1. The van der Waals surface area contributed by atoms with Crippen molar-refractivity contribution >= 4 is 29.1 Å². The van der Waals surface area contributed by atoms with Gasteiger partial charge in [-0.3, -0.25) is 14.4 Å². The number of carbonyl (C=O) groups excluding carboxylic acids is 3. The number of para-hydroxylation sites is 1. The number of rotatable bonds is 7. The Morgan fingerprint density at radius 2 is 1.83 bits per heavy atom. The predicted octanol–water partition coefficient (Wildman–Crippen LogP) is 3.03. The van der Waals surface area contributed by atoms with Crippen LogP contribution in [0.2, 0.25) is 0 Å². The first kappa shape index (κ1) is 24.5. The number of nitrogens with zero attached hydrogens (tertiary/aromatic N) is 1. The lowest BCUT2D eigenvalue weighted by Crippen LogP contribution is -2.53. The predicted molar refractivity (Wildman–Crippen MR) is 135 cm³/mol. The molecule has 3 heterocycles. The standard InChI is InChI=1S/C28H33N3O5/c1-17-10-11-18(2)20(16-17)30-25(34)23-28-13-12-27(3,36-28)21(22(28)26(35)31(23)14-7-15-32)24(33)29-19-8-5-4-6-9-19/h4-6,8-11,16,21-23,32H,7,12-15H2,1-3H3,(H,29,33)(H,30,34)/t21-,22-,23?,27+,28?/m0/s1. The zero-order chi connectivity index (χ0) is 25.7. The normalized spacial score (nSPS) is 30.4. The van der Waals surface area contributed by atoms with Crippen LogP contribution in [-0.2, 0) is 19.1 Å². The van der Waals surface area contributed by atoms with E-state index in [-0.39, 0.29) is 30.9 Å². The van der Waals surface area contributed by atoms with Crippen LogP contribution in [0.1, 0.15) is 37.3 Å². The van der Waals surface area contributed by atoms with Crippen LogP contribution in [0.3, 0.4) is 0 Å². The third kappa shape index (κ3) is 3.79. The molecule has 2 aromatic rings. The summed E-state index contributed by atoms with van der Waals surface area (Å²) in [5.74, 6) is -2.37. The van der Waals surface area contributed by atoms with E-state index in [0.29, 0.717) is 30.6 Å². The van der Waals surface area contributed by atoms with Gasteiger partial charge in [-0.2, -0.15) is 0 Å². The zero-order valence-electron chi connectivity index (χ0n) is 20.9. The first-order valence-electron chi connectivity index (χ1n) is 12.6. The van der Waals surface area contributed by atoms with Gasteiger partial charge in [0.05, 0.1) is 17.4 Å². The van der Waals surface area contributed by atoms with Crippen molar-refractivity contribution in [2.75, 3.05) is 23.8 Å². The summed E-state index contributed by atoms with van der Waals surface area (Å²) in [6.45, 7) is 5.85. The second kappa shape index (κ2) is 9.01. The Hall–Kier alpha value is -3.23.